The van der Waals surface area contributed by atoms with Gasteiger partial charge in [-0.15, -0.1) is 0 Å². The molecule has 2 atom stereocenters. The molecule has 0 heterocycles. The fraction of sp³-hybridized carbons (Fsp3) is 0.727. The summed E-state index contributed by atoms with van der Waals surface area (Å²) in [5, 5.41) is 27.4. The van der Waals surface area contributed by atoms with Crippen molar-refractivity contribution in [1.29, 1.82) is 0 Å². The normalized spacial score (nSPS) is 13.7. The van der Waals surface area contributed by atoms with E-state index in [0.29, 0.717) is 25.9 Å². The number of hydrogen-bond acceptors (Lipinski definition) is 6. The van der Waals surface area contributed by atoms with Crippen LogP contribution in [0.15, 0.2) is 12.2 Å². The molecule has 6 N–H and O–H groups in total. The highest BCUT2D eigenvalue weighted by Gasteiger charge is 2.24. The monoisotopic (exact) mass is 488 g/mol. The van der Waals surface area contributed by atoms with E-state index in [1.165, 1.54) is 0 Å². The molecule has 0 aromatic rings. The maximum absolute atomic E-state index is 12.2. The zero-order chi connectivity index (χ0) is 26.4. The SMILES string of the molecule is CC(C)(C)OC[C@H](NC(=O)O)C(=O)NCC/C=C/CCNC(=O)[C@H](COC(C)(C)C)NC(=O)O. The largest absolute Gasteiger partial charge is 0.465 e. The van der Waals surface area contributed by atoms with Crippen molar-refractivity contribution in [2.45, 2.75) is 77.7 Å². The Morgan fingerprint density at radius 3 is 1.29 bits per heavy atom. The predicted octanol–water partition coefficient (Wildman–Crippen LogP) is 1.46. The van der Waals surface area contributed by atoms with Gasteiger partial charge in [-0.2, -0.15) is 0 Å². The lowest BCUT2D eigenvalue weighted by Crippen LogP contribution is -2.50. The lowest BCUT2D eigenvalue weighted by molar-refractivity contribution is -0.127. The summed E-state index contributed by atoms with van der Waals surface area (Å²) >= 11 is 0. The van der Waals surface area contributed by atoms with E-state index in [2.05, 4.69) is 21.3 Å². The van der Waals surface area contributed by atoms with Crippen LogP contribution in [-0.2, 0) is 19.1 Å². The number of rotatable bonds is 14. The molecule has 0 aliphatic carbocycles. The molecule has 0 unspecified atom stereocenters. The van der Waals surface area contributed by atoms with E-state index < -0.39 is 47.3 Å². The van der Waals surface area contributed by atoms with Crippen LogP contribution in [0.3, 0.4) is 0 Å². The van der Waals surface area contributed by atoms with E-state index >= 15 is 0 Å². The summed E-state index contributed by atoms with van der Waals surface area (Å²) in [4.78, 5) is 46.3. The third-order valence-electron chi connectivity index (χ3n) is 3.98. The number of hydrogen-bond donors (Lipinski definition) is 6. The van der Waals surface area contributed by atoms with E-state index in [9.17, 15) is 19.2 Å². The molecule has 196 valence electrons. The first kappa shape index (κ1) is 31.1. The minimum atomic E-state index is -1.31. The van der Waals surface area contributed by atoms with Crippen LogP contribution >= 0.6 is 0 Å². The van der Waals surface area contributed by atoms with Crippen LogP contribution in [0.1, 0.15) is 54.4 Å². The highest BCUT2D eigenvalue weighted by Crippen LogP contribution is 2.08. The molecule has 0 radical (unpaired) electrons. The number of carboxylic acid groups (broad SMARTS) is 2. The Hall–Kier alpha value is -2.86. The van der Waals surface area contributed by atoms with E-state index in [4.69, 9.17) is 19.7 Å². The molecule has 0 saturated carbocycles. The topological polar surface area (TPSA) is 175 Å². The molecule has 0 saturated heterocycles. The fourth-order valence-corrected chi connectivity index (χ4v) is 2.37. The van der Waals surface area contributed by atoms with E-state index in [0.717, 1.165) is 0 Å². The molecule has 34 heavy (non-hydrogen) atoms. The third-order valence-corrected chi connectivity index (χ3v) is 3.98. The second kappa shape index (κ2) is 15.1. The summed E-state index contributed by atoms with van der Waals surface area (Å²) in [6, 6.07) is -2.05. The van der Waals surface area contributed by atoms with Crippen LogP contribution in [0, 0.1) is 0 Å². The molecule has 0 aliphatic heterocycles. The van der Waals surface area contributed by atoms with Gasteiger partial charge in [0.25, 0.3) is 0 Å². The van der Waals surface area contributed by atoms with E-state index in [1.807, 2.05) is 12.2 Å². The zero-order valence-electron chi connectivity index (χ0n) is 20.9. The second-order valence-electron chi connectivity index (χ2n) is 9.48. The average molecular weight is 489 g/mol. The average Bonchev–Trinajstić information content (AvgIpc) is 2.68. The van der Waals surface area contributed by atoms with Gasteiger partial charge in [-0.3, -0.25) is 9.59 Å². The zero-order valence-corrected chi connectivity index (χ0v) is 20.9. The maximum atomic E-state index is 12.2. The van der Waals surface area contributed by atoms with Gasteiger partial charge < -0.3 is 41.0 Å². The van der Waals surface area contributed by atoms with Crippen molar-refractivity contribution >= 4 is 24.0 Å². The Bertz CT molecular complexity index is 640. The third kappa shape index (κ3) is 17.7. The highest BCUT2D eigenvalue weighted by atomic mass is 16.5. The number of carbonyl (C=O) groups excluding carboxylic acids is 2. The van der Waals surface area contributed by atoms with Gasteiger partial charge in [-0.25, -0.2) is 9.59 Å². The molecule has 0 rings (SSSR count). The van der Waals surface area contributed by atoms with Gasteiger partial charge in [-0.05, 0) is 54.4 Å². The summed E-state index contributed by atoms with van der Waals surface area (Å²) < 4.78 is 11.0. The Balaban J connectivity index is 4.33. The number of ether oxygens (including phenoxy) is 2. The summed E-state index contributed by atoms with van der Waals surface area (Å²) in [5.74, 6) is -0.969. The van der Waals surface area contributed by atoms with Crippen molar-refractivity contribution in [1.82, 2.24) is 21.3 Å². The molecular formula is C22H40N4O8. The van der Waals surface area contributed by atoms with Gasteiger partial charge in [0.15, 0.2) is 0 Å². The standard InChI is InChI=1S/C22H40N4O8/c1-21(2,3)33-13-15(25-19(29)30)17(27)23-11-9-7-8-10-12-24-18(28)16(26-20(31)32)14-34-22(4,5)6/h7-8,15-16,25-26H,9-14H2,1-6H3,(H,23,27)(H,24,28)(H,29,30)(H,31,32)/b8-7+/t15-,16-/m0/s1. The molecule has 0 bridgehead atoms. The Labute approximate surface area is 200 Å². The van der Waals surface area contributed by atoms with Gasteiger partial charge in [0.05, 0.1) is 24.4 Å². The molecule has 12 heteroatoms. The second-order valence-corrected chi connectivity index (χ2v) is 9.48. The first-order valence-corrected chi connectivity index (χ1v) is 11.1. The van der Waals surface area contributed by atoms with Crippen molar-refractivity contribution < 1.29 is 38.9 Å². The maximum Gasteiger partial charge on any atom is 0.405 e. The van der Waals surface area contributed by atoms with Crippen LogP contribution in [-0.4, -0.2) is 83.8 Å². The van der Waals surface area contributed by atoms with Crippen molar-refractivity contribution in [3.63, 3.8) is 0 Å². The summed E-state index contributed by atoms with van der Waals surface area (Å²) in [5.41, 5.74) is -1.03. The quantitative estimate of drug-likeness (QED) is 0.157. The van der Waals surface area contributed by atoms with E-state index in [1.54, 1.807) is 41.5 Å². The minimum Gasteiger partial charge on any atom is -0.465 e. The summed E-state index contributed by atoms with van der Waals surface area (Å²) in [6.45, 7) is 11.2. The summed E-state index contributed by atoms with van der Waals surface area (Å²) in [7, 11) is 0. The first-order valence-electron chi connectivity index (χ1n) is 11.1. The molecule has 0 aromatic carbocycles. The van der Waals surface area contributed by atoms with E-state index in [-0.39, 0.29) is 13.2 Å². The first-order chi connectivity index (χ1) is 15.6. The number of carbonyl (C=O) groups is 4. The molecule has 0 aromatic heterocycles. The van der Waals surface area contributed by atoms with Crippen LogP contribution in [0.4, 0.5) is 9.59 Å². The van der Waals surface area contributed by atoms with Crippen LogP contribution in [0.25, 0.3) is 0 Å². The highest BCUT2D eigenvalue weighted by molar-refractivity contribution is 5.85. The van der Waals surface area contributed by atoms with Crippen LogP contribution < -0.4 is 21.3 Å². The minimum absolute atomic E-state index is 0.0876. The molecule has 0 spiro atoms. The van der Waals surface area contributed by atoms with Crippen LogP contribution in [0.5, 0.6) is 0 Å². The van der Waals surface area contributed by atoms with Gasteiger partial charge in [0, 0.05) is 13.1 Å². The molecule has 4 amide bonds. The van der Waals surface area contributed by atoms with Gasteiger partial charge in [0.2, 0.25) is 11.8 Å². The predicted molar refractivity (Wildman–Crippen MR) is 126 cm³/mol. The van der Waals surface area contributed by atoms with Crippen molar-refractivity contribution in [3.05, 3.63) is 12.2 Å². The summed E-state index contributed by atoms with van der Waals surface area (Å²) in [6.07, 6.45) is 2.00. The van der Waals surface area contributed by atoms with Gasteiger partial charge >= 0.3 is 12.2 Å². The fourth-order valence-electron chi connectivity index (χ4n) is 2.37. The van der Waals surface area contributed by atoms with Crippen molar-refractivity contribution in [2.75, 3.05) is 26.3 Å². The Morgan fingerprint density at radius 2 is 1.03 bits per heavy atom. The lowest BCUT2D eigenvalue weighted by atomic mass is 10.2. The lowest BCUT2D eigenvalue weighted by Gasteiger charge is -2.24. The molecule has 12 nitrogen and oxygen atoms in total. The number of amides is 4. The molecule has 0 aliphatic rings. The van der Waals surface area contributed by atoms with Crippen LogP contribution in [0.2, 0.25) is 0 Å². The van der Waals surface area contributed by atoms with Gasteiger partial charge in [0.1, 0.15) is 12.1 Å². The van der Waals surface area contributed by atoms with Crippen molar-refractivity contribution in [2.24, 2.45) is 0 Å². The van der Waals surface area contributed by atoms with Crippen molar-refractivity contribution in [3.8, 4) is 0 Å². The molecule has 0 fully saturated rings. The molecular weight excluding hydrogens is 448 g/mol. The number of nitrogens with one attached hydrogen (secondary N) is 4. The Morgan fingerprint density at radius 1 is 0.706 bits per heavy atom. The van der Waals surface area contributed by atoms with Gasteiger partial charge in [-0.1, -0.05) is 12.2 Å². The smallest absolute Gasteiger partial charge is 0.405 e. The Kier molecular flexibility index (Phi) is 13.8.